The van der Waals surface area contributed by atoms with Crippen molar-refractivity contribution < 1.29 is 46.6 Å². The van der Waals surface area contributed by atoms with E-state index < -0.39 is 11.2 Å². The third kappa shape index (κ3) is 9.91. The van der Waals surface area contributed by atoms with Crippen LogP contribution in [0.1, 0.15) is 41.5 Å². The van der Waals surface area contributed by atoms with E-state index in [4.69, 9.17) is 0 Å². The molecule has 7 heteroatoms. The monoisotopic (exact) mass is 772 g/mol. The minimum Gasteiger partial charge on any atom is -0.871 e. The predicted molar refractivity (Wildman–Crippen MR) is 151 cm³/mol. The van der Waals surface area contributed by atoms with Crippen molar-refractivity contribution in [2.75, 3.05) is 0 Å². The van der Waals surface area contributed by atoms with E-state index in [1.54, 1.807) is 41.5 Å². The Morgan fingerprint density at radius 1 is 0.571 bits per heavy atom. The second-order valence-corrected chi connectivity index (χ2v) is 12.1. The molecule has 0 atom stereocenters. The third-order valence-corrected chi connectivity index (χ3v) is 5.77. The molecule has 35 heavy (non-hydrogen) atoms. The first-order valence-electron chi connectivity index (χ1n) is 10.8. The van der Waals surface area contributed by atoms with Crippen molar-refractivity contribution in [2.24, 2.45) is 0 Å². The summed E-state index contributed by atoms with van der Waals surface area (Å²) in [5.41, 5.74) is -0.477. The normalized spacial score (nSPS) is 11.1. The molecule has 0 amide bonds. The van der Waals surface area contributed by atoms with Crippen molar-refractivity contribution >= 4 is 66.7 Å². The van der Waals surface area contributed by atoms with Gasteiger partial charge in [0.15, 0.2) is 0 Å². The second-order valence-electron chi connectivity index (χ2n) is 9.79. The van der Waals surface area contributed by atoms with Gasteiger partial charge >= 0.3 is 26.2 Å². The predicted octanol–water partition coefficient (Wildman–Crippen LogP) is 5.30. The van der Waals surface area contributed by atoms with Crippen molar-refractivity contribution in [3.63, 3.8) is 0 Å². The van der Waals surface area contributed by atoms with E-state index in [1.165, 1.54) is 0 Å². The molecule has 0 aliphatic rings. The van der Waals surface area contributed by atoms with Crippen LogP contribution in [0, 0.1) is 7.14 Å². The topological polar surface area (TPSA) is 92.2 Å². The molecule has 0 saturated heterocycles. The molecule has 0 bridgehead atoms. The molecule has 0 heterocycles. The van der Waals surface area contributed by atoms with Crippen molar-refractivity contribution in [2.45, 2.75) is 52.7 Å². The quantitative estimate of drug-likeness (QED) is 0.246. The first-order chi connectivity index (χ1) is 15.6. The Bertz CT molecular complexity index is 1180. The van der Waals surface area contributed by atoms with Crippen LogP contribution >= 0.6 is 45.2 Å². The average Bonchev–Trinajstić information content (AvgIpc) is 2.69. The zero-order valence-electron chi connectivity index (χ0n) is 20.7. The van der Waals surface area contributed by atoms with Crippen molar-refractivity contribution in [3.05, 3.63) is 67.8 Å². The average molecular weight is 774 g/mol. The van der Waals surface area contributed by atoms with Crippen molar-refractivity contribution in [1.82, 2.24) is 0 Å². The SMILES string of the molecule is CC(C)(C)[O-].CC(C)(C)[O-].[O-]c1c(I)cc2ccccc2c1-c1c([O-])c(I)cc2ccccc12.[Zr+4]. The zero-order chi connectivity index (χ0) is 25.8. The maximum Gasteiger partial charge on any atom is 4.00 e. The molecule has 4 aromatic rings. The van der Waals surface area contributed by atoms with E-state index >= 15 is 0 Å². The van der Waals surface area contributed by atoms with E-state index in [0.29, 0.717) is 18.3 Å². The standard InChI is InChI=1S/C20H12I2O2.2C4H9O.Zr/c21-15-9-11-5-1-3-7-13(11)17(19(15)23)18-14-8-4-2-6-12(14)10-16(22)20(18)24;2*1-4(2,3)5;/h1-10,23-24H;2*1-3H3;/q;2*-1;+4/p-2. The first-order valence-corrected chi connectivity index (χ1v) is 12.9. The fourth-order valence-electron chi connectivity index (χ4n) is 3.09. The Kier molecular flexibility index (Phi) is 12.2. The first kappa shape index (κ1) is 32.3. The summed E-state index contributed by atoms with van der Waals surface area (Å²) in [5, 5.41) is 49.7. The van der Waals surface area contributed by atoms with Gasteiger partial charge in [-0.2, -0.15) is 0 Å². The molecular weight excluding hydrogens is 745 g/mol. The van der Waals surface area contributed by atoms with Gasteiger partial charge in [-0.15, -0.1) is 11.2 Å². The van der Waals surface area contributed by atoms with Gasteiger partial charge in [0.1, 0.15) is 0 Å². The van der Waals surface area contributed by atoms with Crippen LogP contribution in [0.5, 0.6) is 11.5 Å². The molecule has 0 N–H and O–H groups in total. The Balaban J connectivity index is 0.000000476. The molecule has 0 aromatic heterocycles. The summed E-state index contributed by atoms with van der Waals surface area (Å²) in [5.74, 6) is -0.169. The molecule has 182 valence electrons. The summed E-state index contributed by atoms with van der Waals surface area (Å²) in [6.45, 7) is 9.79. The van der Waals surface area contributed by atoms with Crippen LogP contribution in [0.25, 0.3) is 32.7 Å². The number of hydrogen-bond donors (Lipinski definition) is 0. The van der Waals surface area contributed by atoms with Crippen LogP contribution in [0.3, 0.4) is 0 Å². The van der Waals surface area contributed by atoms with E-state index in [1.807, 2.05) is 60.7 Å². The van der Waals surface area contributed by atoms with Gasteiger partial charge in [0.25, 0.3) is 0 Å². The molecule has 0 radical (unpaired) electrons. The molecule has 4 rings (SSSR count). The number of fused-ring (bicyclic) bond motifs is 2. The molecule has 0 aliphatic carbocycles. The smallest absolute Gasteiger partial charge is 0.871 e. The fraction of sp³-hybridized carbons (Fsp3) is 0.286. The minimum absolute atomic E-state index is 0. The third-order valence-electron chi connectivity index (χ3n) is 4.16. The van der Waals surface area contributed by atoms with Crippen LogP contribution in [-0.4, -0.2) is 11.2 Å². The summed E-state index contributed by atoms with van der Waals surface area (Å²) in [4.78, 5) is 0. The van der Waals surface area contributed by atoms with Crippen LogP contribution in [0.2, 0.25) is 0 Å². The van der Waals surface area contributed by atoms with Gasteiger partial charge in [0.2, 0.25) is 0 Å². The van der Waals surface area contributed by atoms with Crippen LogP contribution < -0.4 is 20.4 Å². The number of rotatable bonds is 1. The largest absolute Gasteiger partial charge is 4.00 e. The number of benzene rings is 4. The van der Waals surface area contributed by atoms with Gasteiger partial charge in [-0.1, -0.05) is 102 Å². The maximum atomic E-state index is 12.9. The Morgan fingerprint density at radius 2 is 0.829 bits per heavy atom. The molecule has 0 spiro atoms. The van der Waals surface area contributed by atoms with Gasteiger partial charge in [-0.3, -0.25) is 0 Å². The van der Waals surface area contributed by atoms with Gasteiger partial charge in [-0.25, -0.2) is 0 Å². The van der Waals surface area contributed by atoms with Crippen molar-refractivity contribution in [3.8, 4) is 22.6 Å². The molecule has 0 unspecified atom stereocenters. The second kappa shape index (κ2) is 13.2. The van der Waals surface area contributed by atoms with Gasteiger partial charge in [-0.05, 0) is 90.0 Å². The zero-order valence-corrected chi connectivity index (χ0v) is 27.4. The van der Waals surface area contributed by atoms with Crippen LogP contribution in [-0.2, 0) is 26.2 Å². The van der Waals surface area contributed by atoms with Crippen molar-refractivity contribution in [1.29, 1.82) is 0 Å². The molecular formula is C28H28I2O4Zr. The van der Waals surface area contributed by atoms with Gasteiger partial charge in [0.05, 0.1) is 0 Å². The summed E-state index contributed by atoms with van der Waals surface area (Å²) in [6.07, 6.45) is 0. The van der Waals surface area contributed by atoms with E-state index in [2.05, 4.69) is 45.2 Å². The van der Waals surface area contributed by atoms with Gasteiger partial charge < -0.3 is 20.4 Å². The summed E-state index contributed by atoms with van der Waals surface area (Å²) >= 11 is 4.11. The summed E-state index contributed by atoms with van der Waals surface area (Å²) in [6, 6.07) is 19.2. The number of hydrogen-bond acceptors (Lipinski definition) is 4. The maximum absolute atomic E-state index is 12.9. The van der Waals surface area contributed by atoms with E-state index in [0.717, 1.165) is 21.5 Å². The van der Waals surface area contributed by atoms with E-state index in [-0.39, 0.29) is 37.7 Å². The number of halogens is 2. The Labute approximate surface area is 254 Å². The molecule has 4 nitrogen and oxygen atoms in total. The minimum atomic E-state index is -0.750. The van der Waals surface area contributed by atoms with Gasteiger partial charge in [0, 0.05) is 7.14 Å². The van der Waals surface area contributed by atoms with E-state index in [9.17, 15) is 20.4 Å². The fourth-order valence-corrected chi connectivity index (χ4v) is 4.30. The molecule has 0 fully saturated rings. The Hall–Kier alpha value is -0.737. The summed E-state index contributed by atoms with van der Waals surface area (Å²) < 4.78 is 1.26. The Morgan fingerprint density at radius 3 is 1.11 bits per heavy atom. The van der Waals surface area contributed by atoms with Crippen LogP contribution in [0.4, 0.5) is 0 Å². The molecule has 0 aliphatic heterocycles. The van der Waals surface area contributed by atoms with Crippen LogP contribution in [0.15, 0.2) is 60.7 Å². The molecule has 0 saturated carbocycles. The summed E-state index contributed by atoms with van der Waals surface area (Å²) in [7, 11) is 0. The molecule has 4 aromatic carbocycles.